The van der Waals surface area contributed by atoms with Gasteiger partial charge in [-0.25, -0.2) is 13.2 Å². The average molecular weight is 468 g/mol. The first-order chi connectivity index (χ1) is 15.1. The number of oxime groups is 1. The van der Waals surface area contributed by atoms with Crippen molar-refractivity contribution in [2.45, 2.75) is 56.1 Å². The van der Waals surface area contributed by atoms with Crippen LogP contribution in [0.5, 0.6) is 5.75 Å². The normalized spacial score (nSPS) is 19.3. The third-order valence-electron chi connectivity index (χ3n) is 5.74. The summed E-state index contributed by atoms with van der Waals surface area (Å²) < 4.78 is 32.3. The molecule has 1 aromatic rings. The van der Waals surface area contributed by atoms with Crippen LogP contribution in [0, 0.1) is 5.92 Å². The van der Waals surface area contributed by atoms with E-state index in [2.05, 4.69) is 10.5 Å². The van der Waals surface area contributed by atoms with Crippen molar-refractivity contribution in [3.8, 4) is 5.75 Å². The van der Waals surface area contributed by atoms with E-state index in [1.54, 1.807) is 12.1 Å². The molecule has 2 heterocycles. The highest BCUT2D eigenvalue weighted by molar-refractivity contribution is 7.89. The molecule has 2 aliphatic heterocycles. The van der Waals surface area contributed by atoms with Crippen molar-refractivity contribution in [2.24, 2.45) is 11.1 Å². The molecule has 11 heteroatoms. The van der Waals surface area contributed by atoms with E-state index in [4.69, 9.17) is 9.57 Å². The highest BCUT2D eigenvalue weighted by Crippen LogP contribution is 2.36. The van der Waals surface area contributed by atoms with E-state index in [1.807, 2.05) is 13.8 Å². The van der Waals surface area contributed by atoms with Crippen molar-refractivity contribution < 1.29 is 32.7 Å². The number of aliphatic carboxylic acids is 1. The second-order valence-corrected chi connectivity index (χ2v) is 10.5. The van der Waals surface area contributed by atoms with Gasteiger partial charge >= 0.3 is 5.97 Å². The predicted octanol–water partition coefficient (Wildman–Crippen LogP) is 1.61. The predicted molar refractivity (Wildman–Crippen MR) is 116 cm³/mol. The number of carboxylic acids is 1. The Balaban J connectivity index is 1.59. The number of carbonyl (C=O) groups excluding carboxylic acids is 1. The van der Waals surface area contributed by atoms with E-state index >= 15 is 0 Å². The van der Waals surface area contributed by atoms with Gasteiger partial charge in [0.2, 0.25) is 10.0 Å². The molecule has 1 aromatic carbocycles. The van der Waals surface area contributed by atoms with Crippen LogP contribution in [0.4, 0.5) is 0 Å². The largest absolute Gasteiger partial charge is 0.497 e. The summed E-state index contributed by atoms with van der Waals surface area (Å²) >= 11 is 0. The fourth-order valence-electron chi connectivity index (χ4n) is 3.88. The number of benzene rings is 1. The molecule has 2 N–H and O–H groups in total. The zero-order chi connectivity index (χ0) is 23.5. The molecule has 0 saturated carbocycles. The first-order valence-electron chi connectivity index (χ1n) is 10.5. The van der Waals surface area contributed by atoms with Crippen molar-refractivity contribution in [3.05, 3.63) is 24.3 Å². The van der Waals surface area contributed by atoms with Crippen LogP contribution in [-0.4, -0.2) is 67.3 Å². The first-order valence-corrected chi connectivity index (χ1v) is 11.9. The van der Waals surface area contributed by atoms with Crippen LogP contribution in [0.15, 0.2) is 34.3 Å². The number of nitrogens with zero attached hydrogens (tertiary/aromatic N) is 2. The maximum Gasteiger partial charge on any atom is 0.326 e. The zero-order valence-corrected chi connectivity index (χ0v) is 19.2. The van der Waals surface area contributed by atoms with Gasteiger partial charge in [0.1, 0.15) is 23.1 Å². The van der Waals surface area contributed by atoms with Gasteiger partial charge in [-0.05, 0) is 36.6 Å². The van der Waals surface area contributed by atoms with E-state index in [9.17, 15) is 23.1 Å². The van der Waals surface area contributed by atoms with Crippen molar-refractivity contribution in [3.63, 3.8) is 0 Å². The van der Waals surface area contributed by atoms with Gasteiger partial charge in [-0.3, -0.25) is 4.79 Å². The molecule has 1 fully saturated rings. The number of sulfonamides is 1. The summed E-state index contributed by atoms with van der Waals surface area (Å²) in [5.74, 6) is -0.995. The summed E-state index contributed by atoms with van der Waals surface area (Å²) in [5.41, 5.74) is -0.624. The van der Waals surface area contributed by atoms with Gasteiger partial charge in [0.05, 0.1) is 12.0 Å². The van der Waals surface area contributed by atoms with Crippen LogP contribution in [0.2, 0.25) is 0 Å². The quantitative estimate of drug-likeness (QED) is 0.593. The SMILES string of the molecule is COc1ccc(S(=O)(=O)N2CCC3(CC2)CC(C(=O)NC(CC(C)C)C(=O)O)=NO3)cc1. The van der Waals surface area contributed by atoms with Gasteiger partial charge in [0.15, 0.2) is 0 Å². The molecule has 176 valence electrons. The molecule has 32 heavy (non-hydrogen) atoms. The lowest BCUT2D eigenvalue weighted by Gasteiger charge is -2.36. The van der Waals surface area contributed by atoms with Crippen LogP contribution in [-0.2, 0) is 24.4 Å². The number of carbonyl (C=O) groups is 2. The van der Waals surface area contributed by atoms with Gasteiger partial charge < -0.3 is 20.0 Å². The first kappa shape index (κ1) is 24.0. The summed E-state index contributed by atoms with van der Waals surface area (Å²) in [6, 6.07) is 5.21. The Bertz CT molecular complexity index is 981. The van der Waals surface area contributed by atoms with Crippen LogP contribution < -0.4 is 10.1 Å². The Morgan fingerprint density at radius 1 is 1.25 bits per heavy atom. The third kappa shape index (κ3) is 5.21. The fourth-order valence-corrected chi connectivity index (χ4v) is 5.32. The van der Waals surface area contributed by atoms with Crippen molar-refractivity contribution in [1.82, 2.24) is 9.62 Å². The molecular formula is C21H29N3O7S. The minimum Gasteiger partial charge on any atom is -0.497 e. The molecule has 1 saturated heterocycles. The molecule has 10 nitrogen and oxygen atoms in total. The summed E-state index contributed by atoms with van der Waals surface area (Å²) in [6.07, 6.45) is 1.26. The van der Waals surface area contributed by atoms with E-state index in [0.29, 0.717) is 25.0 Å². The lowest BCUT2D eigenvalue weighted by molar-refractivity contribution is -0.141. The second-order valence-electron chi connectivity index (χ2n) is 8.56. The van der Waals surface area contributed by atoms with Crippen molar-refractivity contribution >= 4 is 27.6 Å². The Labute approximate surface area is 187 Å². The van der Waals surface area contributed by atoms with E-state index < -0.39 is 33.5 Å². The zero-order valence-electron chi connectivity index (χ0n) is 18.4. The van der Waals surface area contributed by atoms with E-state index in [-0.39, 0.29) is 36.0 Å². The lowest BCUT2D eigenvalue weighted by Crippen LogP contribution is -2.48. The highest BCUT2D eigenvalue weighted by atomic mass is 32.2. The second kappa shape index (κ2) is 9.45. The molecule has 0 bridgehead atoms. The number of hydrogen-bond acceptors (Lipinski definition) is 7. The van der Waals surface area contributed by atoms with Crippen LogP contribution in [0.1, 0.15) is 39.5 Å². The van der Waals surface area contributed by atoms with Crippen molar-refractivity contribution in [1.29, 1.82) is 0 Å². The molecule has 0 aliphatic carbocycles. The smallest absolute Gasteiger partial charge is 0.326 e. The number of rotatable bonds is 8. The van der Waals surface area contributed by atoms with Crippen LogP contribution >= 0.6 is 0 Å². The molecule has 1 amide bonds. The van der Waals surface area contributed by atoms with Gasteiger partial charge in [0.25, 0.3) is 5.91 Å². The lowest BCUT2D eigenvalue weighted by atomic mass is 9.87. The fraction of sp³-hybridized carbons (Fsp3) is 0.571. The topological polar surface area (TPSA) is 135 Å². The van der Waals surface area contributed by atoms with Gasteiger partial charge in [-0.1, -0.05) is 19.0 Å². The Kier molecular flexibility index (Phi) is 7.09. The monoisotopic (exact) mass is 467 g/mol. The molecule has 3 rings (SSSR count). The molecular weight excluding hydrogens is 438 g/mol. The molecule has 1 unspecified atom stereocenters. The number of ether oxygens (including phenoxy) is 1. The number of hydrogen-bond donors (Lipinski definition) is 2. The maximum atomic E-state index is 12.9. The number of piperidine rings is 1. The van der Waals surface area contributed by atoms with Crippen molar-refractivity contribution in [2.75, 3.05) is 20.2 Å². The third-order valence-corrected chi connectivity index (χ3v) is 7.66. The number of nitrogens with one attached hydrogen (secondary N) is 1. The standard InChI is InChI=1S/C21H29N3O7S/c1-14(2)12-17(20(26)27)22-19(25)18-13-21(31-23-18)8-10-24(11-9-21)32(28,29)16-6-4-15(30-3)5-7-16/h4-7,14,17H,8-13H2,1-3H3,(H,22,25)(H,26,27). The molecule has 1 spiro atoms. The minimum atomic E-state index is -3.66. The summed E-state index contributed by atoms with van der Waals surface area (Å²) in [6.45, 7) is 4.20. The van der Waals surface area contributed by atoms with Gasteiger partial charge in [-0.15, -0.1) is 0 Å². The highest BCUT2D eigenvalue weighted by Gasteiger charge is 2.46. The maximum absolute atomic E-state index is 12.9. The van der Waals surface area contributed by atoms with Crippen LogP contribution in [0.3, 0.4) is 0 Å². The summed E-state index contributed by atoms with van der Waals surface area (Å²) in [4.78, 5) is 29.7. The van der Waals surface area contributed by atoms with Crippen LogP contribution in [0.25, 0.3) is 0 Å². The number of carboxylic acid groups (broad SMARTS) is 1. The van der Waals surface area contributed by atoms with Gasteiger partial charge in [-0.2, -0.15) is 4.31 Å². The Morgan fingerprint density at radius 3 is 2.41 bits per heavy atom. The average Bonchev–Trinajstić information content (AvgIpc) is 3.16. The Hall–Kier alpha value is -2.66. The van der Waals surface area contributed by atoms with Gasteiger partial charge in [0, 0.05) is 32.4 Å². The molecule has 0 radical (unpaired) electrons. The number of methoxy groups -OCH3 is 1. The minimum absolute atomic E-state index is 0.0986. The van der Waals surface area contributed by atoms with E-state index in [1.165, 1.54) is 23.5 Å². The van der Waals surface area contributed by atoms with E-state index in [0.717, 1.165) is 0 Å². The molecule has 0 aromatic heterocycles. The number of amides is 1. The summed E-state index contributed by atoms with van der Waals surface area (Å²) in [5, 5.41) is 15.7. The molecule has 2 aliphatic rings. The summed E-state index contributed by atoms with van der Waals surface area (Å²) in [7, 11) is -2.15. The Morgan fingerprint density at radius 2 is 1.88 bits per heavy atom. The molecule has 1 atom stereocenters.